The van der Waals surface area contributed by atoms with Crippen LogP contribution in [0.4, 0.5) is 11.5 Å². The van der Waals surface area contributed by atoms with Crippen molar-refractivity contribution in [3.05, 3.63) is 47.7 Å². The summed E-state index contributed by atoms with van der Waals surface area (Å²) in [5.41, 5.74) is 3.24. The Morgan fingerprint density at radius 1 is 1.03 bits per heavy atom. The number of piperazine rings is 1. The quantitative estimate of drug-likeness (QED) is 0.467. The number of benzene rings is 2. The van der Waals surface area contributed by atoms with E-state index in [1.807, 2.05) is 30.3 Å². The second kappa shape index (κ2) is 11.3. The molecule has 2 aliphatic rings. The molecule has 0 amide bonds. The molecule has 2 N–H and O–H groups in total. The van der Waals surface area contributed by atoms with Crippen LogP contribution in [-0.2, 0) is 17.7 Å². The molecule has 3 heterocycles. The molecule has 1 fully saturated rings. The number of methoxy groups -OCH3 is 1. The summed E-state index contributed by atoms with van der Waals surface area (Å²) in [6.07, 6.45) is 0.846. The van der Waals surface area contributed by atoms with Crippen LogP contribution in [0.25, 0.3) is 10.8 Å². The number of anilines is 2. The number of fused-ring (bicyclic) bond motifs is 2. The van der Waals surface area contributed by atoms with E-state index in [-0.39, 0.29) is 5.75 Å². The highest BCUT2D eigenvalue weighted by Crippen LogP contribution is 2.36. The molecule has 36 heavy (non-hydrogen) atoms. The molecule has 2 aliphatic heterocycles. The van der Waals surface area contributed by atoms with E-state index in [1.54, 1.807) is 7.11 Å². The fraction of sp³-hybridized carbons (Fsp3) is 0.481. The van der Waals surface area contributed by atoms with Crippen LogP contribution in [-0.4, -0.2) is 93.2 Å². The van der Waals surface area contributed by atoms with Gasteiger partial charge in [0.15, 0.2) is 0 Å². The number of nitrogens with one attached hydrogen (secondary N) is 1. The average Bonchev–Trinajstić information content (AvgIpc) is 2.91. The van der Waals surface area contributed by atoms with Gasteiger partial charge in [-0.25, -0.2) is 0 Å². The van der Waals surface area contributed by atoms with Gasteiger partial charge < -0.3 is 34.6 Å². The molecule has 3 aromatic rings. The van der Waals surface area contributed by atoms with E-state index in [0.29, 0.717) is 25.8 Å². The Morgan fingerprint density at radius 2 is 1.83 bits per heavy atom. The third-order valence-corrected chi connectivity index (χ3v) is 6.99. The monoisotopic (exact) mass is 492 g/mol. The normalized spacial score (nSPS) is 16.0. The van der Waals surface area contributed by atoms with Crippen molar-refractivity contribution >= 4 is 22.3 Å². The first-order valence-electron chi connectivity index (χ1n) is 12.7. The Bertz CT molecular complexity index is 1180. The van der Waals surface area contributed by atoms with Crippen molar-refractivity contribution in [2.24, 2.45) is 0 Å². The lowest BCUT2D eigenvalue weighted by Gasteiger charge is -2.35. The Morgan fingerprint density at radius 3 is 2.67 bits per heavy atom. The maximum Gasteiger partial charge on any atom is 0.318 e. The maximum atomic E-state index is 10.4. The number of likely N-dealkylation sites (N-methyl/N-ethyl adjacent to an activating group) is 1. The molecule has 9 nitrogen and oxygen atoms in total. The van der Waals surface area contributed by atoms with Crippen molar-refractivity contribution in [3.8, 4) is 11.8 Å². The standard InChI is InChI=1S/C27H36N6O3/c1-31(13-15-35-2)14-16-36-27-29-24-19-33(25-18-21(34)17-20-5-3-4-6-22(20)25)10-7-23(24)26(30-27)32-11-8-28-9-12-32/h3-6,17-18,28,34H,7-16,19H2,1-2H3. The number of phenolic OH excluding ortho intramolecular Hbond substituents is 1. The van der Waals surface area contributed by atoms with Gasteiger partial charge in [-0.15, -0.1) is 0 Å². The molecule has 2 aromatic carbocycles. The van der Waals surface area contributed by atoms with Crippen molar-refractivity contribution in [1.29, 1.82) is 0 Å². The maximum absolute atomic E-state index is 10.4. The highest BCUT2D eigenvalue weighted by atomic mass is 16.5. The molecule has 0 radical (unpaired) electrons. The van der Waals surface area contributed by atoms with Gasteiger partial charge in [-0.1, -0.05) is 24.3 Å². The van der Waals surface area contributed by atoms with E-state index in [9.17, 15) is 5.11 Å². The van der Waals surface area contributed by atoms with Crippen LogP contribution in [0, 0.1) is 0 Å². The second-order valence-electron chi connectivity index (χ2n) is 9.49. The molecular weight excluding hydrogens is 456 g/mol. The number of hydrogen-bond donors (Lipinski definition) is 2. The summed E-state index contributed by atoms with van der Waals surface area (Å²) in [5.74, 6) is 1.28. The molecule has 0 spiro atoms. The van der Waals surface area contributed by atoms with Gasteiger partial charge >= 0.3 is 6.01 Å². The minimum Gasteiger partial charge on any atom is -0.508 e. The van der Waals surface area contributed by atoms with E-state index >= 15 is 0 Å². The molecule has 0 bridgehead atoms. The highest BCUT2D eigenvalue weighted by molar-refractivity contribution is 5.95. The summed E-state index contributed by atoms with van der Waals surface area (Å²) >= 11 is 0. The third kappa shape index (κ3) is 5.48. The first-order chi connectivity index (χ1) is 17.6. The number of aromatic nitrogens is 2. The smallest absolute Gasteiger partial charge is 0.318 e. The zero-order valence-corrected chi connectivity index (χ0v) is 21.2. The molecule has 192 valence electrons. The van der Waals surface area contributed by atoms with Gasteiger partial charge in [0.1, 0.15) is 18.2 Å². The first-order valence-corrected chi connectivity index (χ1v) is 12.7. The van der Waals surface area contributed by atoms with Crippen LogP contribution in [0.15, 0.2) is 36.4 Å². The summed E-state index contributed by atoms with van der Waals surface area (Å²) in [5, 5.41) is 16.0. The summed E-state index contributed by atoms with van der Waals surface area (Å²) < 4.78 is 11.2. The lowest BCUT2D eigenvalue weighted by molar-refractivity contribution is 0.148. The number of rotatable bonds is 9. The summed E-state index contributed by atoms with van der Waals surface area (Å²) in [4.78, 5) is 16.6. The number of ether oxygens (including phenoxy) is 2. The predicted octanol–water partition coefficient (Wildman–Crippen LogP) is 2.26. The van der Waals surface area contributed by atoms with E-state index in [4.69, 9.17) is 19.4 Å². The summed E-state index contributed by atoms with van der Waals surface area (Å²) in [6, 6.07) is 12.3. The first kappa shape index (κ1) is 24.5. The van der Waals surface area contributed by atoms with Crippen LogP contribution in [0.1, 0.15) is 11.3 Å². The minimum absolute atomic E-state index is 0.278. The van der Waals surface area contributed by atoms with E-state index in [1.165, 1.54) is 5.56 Å². The molecule has 0 unspecified atom stereocenters. The molecule has 0 aliphatic carbocycles. The molecular formula is C27H36N6O3. The van der Waals surface area contributed by atoms with Gasteiger partial charge in [-0.05, 0) is 24.9 Å². The van der Waals surface area contributed by atoms with Crippen molar-refractivity contribution in [2.75, 3.05) is 83.0 Å². The second-order valence-corrected chi connectivity index (χ2v) is 9.49. The Labute approximate surface area is 212 Å². The van der Waals surface area contributed by atoms with Crippen molar-refractivity contribution < 1.29 is 14.6 Å². The Balaban J connectivity index is 1.42. The van der Waals surface area contributed by atoms with E-state index in [0.717, 1.165) is 80.2 Å². The lowest BCUT2D eigenvalue weighted by atomic mass is 10.0. The molecule has 1 aromatic heterocycles. The molecule has 5 rings (SSSR count). The molecule has 0 atom stereocenters. The average molecular weight is 493 g/mol. The topological polar surface area (TPSA) is 86.2 Å². The number of phenols is 1. The van der Waals surface area contributed by atoms with Gasteiger partial charge in [0.05, 0.1) is 18.8 Å². The fourth-order valence-electron chi connectivity index (χ4n) is 4.99. The van der Waals surface area contributed by atoms with Crippen LogP contribution in [0.5, 0.6) is 11.8 Å². The number of nitrogens with zero attached hydrogens (tertiary/aromatic N) is 5. The number of hydrogen-bond acceptors (Lipinski definition) is 9. The zero-order valence-electron chi connectivity index (χ0n) is 21.2. The van der Waals surface area contributed by atoms with Crippen molar-refractivity contribution in [2.45, 2.75) is 13.0 Å². The van der Waals surface area contributed by atoms with Gasteiger partial charge in [0.25, 0.3) is 0 Å². The molecule has 1 saturated heterocycles. The van der Waals surface area contributed by atoms with Gasteiger partial charge in [0.2, 0.25) is 0 Å². The predicted molar refractivity (Wildman–Crippen MR) is 142 cm³/mol. The van der Waals surface area contributed by atoms with E-state index in [2.05, 4.69) is 33.1 Å². The van der Waals surface area contributed by atoms with Gasteiger partial charge in [-0.3, -0.25) is 0 Å². The molecule has 9 heteroatoms. The van der Waals surface area contributed by atoms with Crippen LogP contribution >= 0.6 is 0 Å². The largest absolute Gasteiger partial charge is 0.508 e. The van der Waals surface area contributed by atoms with Crippen LogP contribution < -0.4 is 19.9 Å². The summed E-state index contributed by atoms with van der Waals surface area (Å²) in [7, 11) is 3.77. The Hall–Kier alpha value is -3.14. The van der Waals surface area contributed by atoms with Crippen molar-refractivity contribution in [1.82, 2.24) is 20.2 Å². The summed E-state index contributed by atoms with van der Waals surface area (Å²) in [6.45, 7) is 8.05. The minimum atomic E-state index is 0.278. The van der Waals surface area contributed by atoms with Crippen molar-refractivity contribution in [3.63, 3.8) is 0 Å². The molecule has 0 saturated carbocycles. The zero-order chi connectivity index (χ0) is 24.9. The van der Waals surface area contributed by atoms with Crippen LogP contribution in [0.2, 0.25) is 0 Å². The highest BCUT2D eigenvalue weighted by Gasteiger charge is 2.27. The Kier molecular flexibility index (Phi) is 7.69. The fourth-order valence-corrected chi connectivity index (χ4v) is 4.99. The van der Waals surface area contributed by atoms with E-state index < -0.39 is 0 Å². The lowest BCUT2D eigenvalue weighted by Crippen LogP contribution is -2.45. The van der Waals surface area contributed by atoms with Crippen LogP contribution in [0.3, 0.4) is 0 Å². The SMILES string of the molecule is COCCN(C)CCOc1nc2c(c(N3CCNCC3)n1)CCN(c1cc(O)cc3ccccc13)C2. The van der Waals surface area contributed by atoms with Gasteiger partial charge in [0, 0.05) is 75.6 Å². The number of aromatic hydroxyl groups is 1. The van der Waals surface area contributed by atoms with Gasteiger partial charge in [-0.2, -0.15) is 9.97 Å². The third-order valence-electron chi connectivity index (χ3n) is 6.99.